The highest BCUT2D eigenvalue weighted by molar-refractivity contribution is 5.56. The fraction of sp³-hybridized carbons (Fsp3) is 0.286. The summed E-state index contributed by atoms with van der Waals surface area (Å²) in [4.78, 5) is 16.1. The maximum absolute atomic E-state index is 10.7. The normalized spacial score (nSPS) is 23.7. The molecule has 0 spiro atoms. The van der Waals surface area contributed by atoms with E-state index >= 15 is 0 Å². The molecule has 0 N–H and O–H groups in total. The summed E-state index contributed by atoms with van der Waals surface area (Å²) < 4.78 is 5.33. The summed E-state index contributed by atoms with van der Waals surface area (Å²) in [5.41, 5.74) is 2.26. The maximum Gasteiger partial charge on any atom is 0.433 e. The smallest absolute Gasteiger partial charge is 0.404 e. The van der Waals surface area contributed by atoms with Crippen molar-refractivity contribution in [3.63, 3.8) is 0 Å². The van der Waals surface area contributed by atoms with Crippen molar-refractivity contribution in [3.05, 3.63) is 57.8 Å². The van der Waals surface area contributed by atoms with Gasteiger partial charge in [0.05, 0.1) is 17.9 Å². The molecule has 1 aromatic carbocycles. The summed E-state index contributed by atoms with van der Waals surface area (Å²) in [7, 11) is 0. The second-order valence-electron chi connectivity index (χ2n) is 5.07. The van der Waals surface area contributed by atoms with E-state index in [2.05, 4.69) is 6.07 Å². The lowest BCUT2D eigenvalue weighted by atomic mass is 10.0. The van der Waals surface area contributed by atoms with Crippen LogP contribution >= 0.6 is 0 Å². The number of hydrogen-bond donors (Lipinski definition) is 0. The molecule has 0 radical (unpaired) electrons. The molecule has 6 nitrogen and oxygen atoms in total. The van der Waals surface area contributed by atoms with Crippen LogP contribution < -0.4 is 5.06 Å². The van der Waals surface area contributed by atoms with Gasteiger partial charge in [-0.1, -0.05) is 18.2 Å². The lowest BCUT2D eigenvalue weighted by molar-refractivity contribution is -0.402. The van der Waals surface area contributed by atoms with Crippen LogP contribution in [0.1, 0.15) is 23.8 Å². The highest BCUT2D eigenvalue weighted by Gasteiger charge is 2.41. The number of fused-ring (bicyclic) bond motifs is 4. The first-order valence-electron chi connectivity index (χ1n) is 6.50. The van der Waals surface area contributed by atoms with Crippen molar-refractivity contribution in [1.29, 1.82) is 0 Å². The standard InChI is InChI=1S/C14H12N2O4/c17-16(18)14-6-5-13(19-14)12-8-10-7-9-3-1-2-4-11(9)15(12)20-10/h1-6,10,12H,7-8H2/t10-,12+/m1/s1. The molecule has 1 fully saturated rings. The van der Waals surface area contributed by atoms with E-state index < -0.39 is 4.92 Å². The molecule has 2 aliphatic heterocycles. The predicted octanol–water partition coefficient (Wildman–Crippen LogP) is 3.00. The molecule has 0 aliphatic carbocycles. The Bertz CT molecular complexity index is 681. The molecule has 6 heteroatoms. The molecule has 2 bridgehead atoms. The van der Waals surface area contributed by atoms with Crippen LogP contribution in [0.4, 0.5) is 11.6 Å². The van der Waals surface area contributed by atoms with Gasteiger partial charge in [-0.3, -0.25) is 15.0 Å². The van der Waals surface area contributed by atoms with Crippen LogP contribution in [0, 0.1) is 10.1 Å². The summed E-state index contributed by atoms with van der Waals surface area (Å²) in [6, 6.07) is 11.0. The molecule has 1 aromatic heterocycles. The second kappa shape index (κ2) is 4.08. The zero-order valence-corrected chi connectivity index (χ0v) is 10.6. The van der Waals surface area contributed by atoms with Crippen LogP contribution in [-0.2, 0) is 11.3 Å². The Kier molecular flexibility index (Phi) is 2.34. The van der Waals surface area contributed by atoms with Gasteiger partial charge in [-0.2, -0.15) is 0 Å². The van der Waals surface area contributed by atoms with Gasteiger partial charge in [0, 0.05) is 12.8 Å². The minimum absolute atomic E-state index is 0.0997. The van der Waals surface area contributed by atoms with E-state index in [0.29, 0.717) is 5.76 Å². The van der Waals surface area contributed by atoms with Gasteiger partial charge in [-0.05, 0) is 17.7 Å². The van der Waals surface area contributed by atoms with Crippen molar-refractivity contribution >= 4 is 11.6 Å². The zero-order valence-electron chi connectivity index (χ0n) is 10.6. The molecule has 20 heavy (non-hydrogen) atoms. The van der Waals surface area contributed by atoms with E-state index in [-0.39, 0.29) is 18.0 Å². The monoisotopic (exact) mass is 272 g/mol. The Morgan fingerprint density at radius 1 is 1.25 bits per heavy atom. The number of anilines is 1. The minimum atomic E-state index is -0.519. The number of nitrogens with zero attached hydrogens (tertiary/aromatic N) is 2. The molecule has 0 saturated carbocycles. The lowest BCUT2D eigenvalue weighted by Gasteiger charge is -2.29. The van der Waals surface area contributed by atoms with Crippen LogP contribution in [0.25, 0.3) is 0 Å². The third kappa shape index (κ3) is 1.61. The lowest BCUT2D eigenvalue weighted by Crippen LogP contribution is -2.27. The van der Waals surface area contributed by atoms with Crippen molar-refractivity contribution in [2.75, 3.05) is 5.06 Å². The Morgan fingerprint density at radius 2 is 2.10 bits per heavy atom. The number of benzene rings is 1. The molecular weight excluding hydrogens is 260 g/mol. The fourth-order valence-corrected chi connectivity index (χ4v) is 2.96. The van der Waals surface area contributed by atoms with Gasteiger partial charge < -0.3 is 4.42 Å². The van der Waals surface area contributed by atoms with E-state index in [0.717, 1.165) is 18.5 Å². The number of hydrogen-bond acceptors (Lipinski definition) is 5. The Hall–Kier alpha value is -2.34. The first-order chi connectivity index (χ1) is 9.72. The zero-order chi connectivity index (χ0) is 13.7. The number of hydroxylamine groups is 1. The molecule has 0 amide bonds. The second-order valence-corrected chi connectivity index (χ2v) is 5.07. The topological polar surface area (TPSA) is 68.8 Å². The quantitative estimate of drug-likeness (QED) is 0.621. The van der Waals surface area contributed by atoms with E-state index in [9.17, 15) is 10.1 Å². The number of furan rings is 1. The number of para-hydroxylation sites is 1. The predicted molar refractivity (Wildman–Crippen MR) is 70.2 cm³/mol. The van der Waals surface area contributed by atoms with Gasteiger partial charge >= 0.3 is 5.88 Å². The Morgan fingerprint density at radius 3 is 2.90 bits per heavy atom. The first-order valence-corrected chi connectivity index (χ1v) is 6.50. The van der Waals surface area contributed by atoms with Crippen LogP contribution in [0.3, 0.4) is 0 Å². The van der Waals surface area contributed by atoms with E-state index in [4.69, 9.17) is 9.25 Å². The fourth-order valence-electron chi connectivity index (χ4n) is 2.96. The van der Waals surface area contributed by atoms with E-state index in [1.807, 2.05) is 23.3 Å². The van der Waals surface area contributed by atoms with Gasteiger partial charge in [-0.25, -0.2) is 5.06 Å². The van der Waals surface area contributed by atoms with Crippen LogP contribution in [0.5, 0.6) is 0 Å². The van der Waals surface area contributed by atoms with Crippen LogP contribution in [-0.4, -0.2) is 11.0 Å². The Labute approximate surface area is 114 Å². The van der Waals surface area contributed by atoms with Gasteiger partial charge in [0.25, 0.3) is 0 Å². The molecule has 0 unspecified atom stereocenters. The van der Waals surface area contributed by atoms with Crippen molar-refractivity contribution in [3.8, 4) is 0 Å². The number of nitro groups is 1. The molecule has 2 atom stereocenters. The maximum atomic E-state index is 10.7. The van der Waals surface area contributed by atoms with Gasteiger partial charge in [0.15, 0.2) is 0 Å². The molecule has 2 aliphatic rings. The Balaban J connectivity index is 1.72. The molecule has 2 aromatic rings. The summed E-state index contributed by atoms with van der Waals surface area (Å²) in [5.74, 6) is 0.354. The molecule has 102 valence electrons. The molecule has 3 heterocycles. The van der Waals surface area contributed by atoms with E-state index in [1.54, 1.807) is 6.07 Å². The highest BCUT2D eigenvalue weighted by Crippen LogP contribution is 2.45. The minimum Gasteiger partial charge on any atom is -0.404 e. The van der Waals surface area contributed by atoms with Crippen molar-refractivity contribution in [2.24, 2.45) is 0 Å². The van der Waals surface area contributed by atoms with Crippen LogP contribution in [0.15, 0.2) is 40.8 Å². The average molecular weight is 272 g/mol. The van der Waals surface area contributed by atoms with Crippen molar-refractivity contribution in [1.82, 2.24) is 0 Å². The van der Waals surface area contributed by atoms with Gasteiger partial charge in [0.1, 0.15) is 16.7 Å². The highest BCUT2D eigenvalue weighted by atomic mass is 16.7. The summed E-state index contributed by atoms with van der Waals surface area (Å²) in [6.45, 7) is 0. The van der Waals surface area contributed by atoms with Crippen molar-refractivity contribution in [2.45, 2.75) is 25.0 Å². The summed E-state index contributed by atoms with van der Waals surface area (Å²) in [6.07, 6.45) is 1.75. The summed E-state index contributed by atoms with van der Waals surface area (Å²) in [5, 5.41) is 12.5. The first kappa shape index (κ1) is 11.5. The van der Waals surface area contributed by atoms with Gasteiger partial charge in [0.2, 0.25) is 0 Å². The largest absolute Gasteiger partial charge is 0.433 e. The molecule has 4 rings (SSSR count). The molecule has 1 saturated heterocycles. The SMILES string of the molecule is O=[N+]([O-])c1ccc([C@@H]2C[C@H]3Cc4ccccc4N2O3)o1. The van der Waals surface area contributed by atoms with Gasteiger partial charge in [-0.15, -0.1) is 0 Å². The molecular formula is C14H12N2O4. The van der Waals surface area contributed by atoms with Crippen LogP contribution in [0.2, 0.25) is 0 Å². The van der Waals surface area contributed by atoms with E-state index in [1.165, 1.54) is 11.6 Å². The third-order valence-electron chi connectivity index (χ3n) is 3.83. The third-order valence-corrected chi connectivity index (χ3v) is 3.83. The summed E-state index contributed by atoms with van der Waals surface area (Å²) >= 11 is 0. The average Bonchev–Trinajstić information content (AvgIpc) is 3.04. The number of rotatable bonds is 2. The van der Waals surface area contributed by atoms with Crippen molar-refractivity contribution < 1.29 is 14.2 Å².